The molecular formula is C10H16. The summed E-state index contributed by atoms with van der Waals surface area (Å²) in [5.41, 5.74) is 4.18. The molecule has 10 heavy (non-hydrogen) atoms. The van der Waals surface area contributed by atoms with Crippen LogP contribution in [-0.4, -0.2) is 0 Å². The fourth-order valence-corrected chi connectivity index (χ4v) is 2.58. The average molecular weight is 136 g/mol. The third-order valence-electron chi connectivity index (χ3n) is 3.45. The molecule has 0 bridgehead atoms. The minimum Gasteiger partial charge on any atom is -0.0736 e. The zero-order chi connectivity index (χ0) is 7.19. The first-order valence-electron chi connectivity index (χ1n) is 4.41. The van der Waals surface area contributed by atoms with Crippen LogP contribution in [0.15, 0.2) is 11.1 Å². The van der Waals surface area contributed by atoms with E-state index in [4.69, 9.17) is 0 Å². The molecule has 0 N–H and O–H groups in total. The molecule has 0 amide bonds. The predicted molar refractivity (Wildman–Crippen MR) is 43.9 cm³/mol. The van der Waals surface area contributed by atoms with Crippen LogP contribution in [0.3, 0.4) is 0 Å². The summed E-state index contributed by atoms with van der Waals surface area (Å²) < 4.78 is 0. The number of allylic oxidation sites excluding steroid dienone is 2. The van der Waals surface area contributed by atoms with Gasteiger partial charge in [-0.05, 0) is 44.4 Å². The second-order valence-corrected chi connectivity index (χ2v) is 4.17. The highest BCUT2D eigenvalue weighted by molar-refractivity contribution is 5.29. The molecule has 2 aliphatic rings. The Bertz CT molecular complexity index is 188. The molecule has 1 saturated carbocycles. The molecule has 0 nitrogen and oxygen atoms in total. The summed E-state index contributed by atoms with van der Waals surface area (Å²) in [6, 6.07) is 0. The SMILES string of the molecule is CC1=C2CCC2(C)CCC1. The van der Waals surface area contributed by atoms with E-state index in [1.807, 2.05) is 0 Å². The summed E-state index contributed by atoms with van der Waals surface area (Å²) in [5, 5.41) is 0. The number of rotatable bonds is 0. The van der Waals surface area contributed by atoms with Gasteiger partial charge >= 0.3 is 0 Å². The molecule has 0 aromatic heterocycles. The normalized spacial score (nSPS) is 39.0. The van der Waals surface area contributed by atoms with Gasteiger partial charge in [0.05, 0.1) is 0 Å². The van der Waals surface area contributed by atoms with Crippen molar-refractivity contribution in [3.63, 3.8) is 0 Å². The van der Waals surface area contributed by atoms with Crippen molar-refractivity contribution in [2.24, 2.45) is 5.41 Å². The van der Waals surface area contributed by atoms with E-state index < -0.39 is 0 Å². The van der Waals surface area contributed by atoms with Crippen LogP contribution >= 0.6 is 0 Å². The first-order valence-corrected chi connectivity index (χ1v) is 4.41. The molecule has 1 atom stereocenters. The lowest BCUT2D eigenvalue weighted by Crippen LogP contribution is -2.32. The number of fused-ring (bicyclic) bond motifs is 1. The Morgan fingerprint density at radius 3 is 2.40 bits per heavy atom. The molecule has 56 valence electrons. The number of hydrogen-bond donors (Lipinski definition) is 0. The van der Waals surface area contributed by atoms with E-state index in [1.54, 1.807) is 11.1 Å². The van der Waals surface area contributed by atoms with Crippen molar-refractivity contribution in [2.45, 2.75) is 46.0 Å². The van der Waals surface area contributed by atoms with Gasteiger partial charge in [0.1, 0.15) is 0 Å². The van der Waals surface area contributed by atoms with E-state index in [9.17, 15) is 0 Å². The molecule has 2 aliphatic carbocycles. The molecule has 1 unspecified atom stereocenters. The highest BCUT2D eigenvalue weighted by Gasteiger charge is 2.39. The molecule has 0 saturated heterocycles. The monoisotopic (exact) mass is 136 g/mol. The van der Waals surface area contributed by atoms with Crippen LogP contribution in [0.4, 0.5) is 0 Å². The van der Waals surface area contributed by atoms with Crippen LogP contribution in [0.25, 0.3) is 0 Å². The Labute approximate surface area is 63.3 Å². The van der Waals surface area contributed by atoms with Crippen LogP contribution in [0, 0.1) is 5.41 Å². The zero-order valence-corrected chi connectivity index (χ0v) is 7.04. The second kappa shape index (κ2) is 1.87. The van der Waals surface area contributed by atoms with Gasteiger partial charge in [-0.2, -0.15) is 0 Å². The van der Waals surface area contributed by atoms with Crippen molar-refractivity contribution in [1.29, 1.82) is 0 Å². The van der Waals surface area contributed by atoms with Crippen LogP contribution in [0.1, 0.15) is 46.0 Å². The first-order chi connectivity index (χ1) is 4.72. The van der Waals surface area contributed by atoms with Gasteiger partial charge in [-0.1, -0.05) is 18.1 Å². The van der Waals surface area contributed by atoms with Gasteiger partial charge < -0.3 is 0 Å². The van der Waals surface area contributed by atoms with Gasteiger partial charge in [-0.3, -0.25) is 0 Å². The number of hydrogen-bond acceptors (Lipinski definition) is 0. The molecule has 0 aromatic rings. The largest absolute Gasteiger partial charge is 0.0736 e. The quantitative estimate of drug-likeness (QED) is 0.448. The Balaban J connectivity index is 2.32. The second-order valence-electron chi connectivity index (χ2n) is 4.17. The lowest BCUT2D eigenvalue weighted by atomic mass is 9.59. The summed E-state index contributed by atoms with van der Waals surface area (Å²) in [4.78, 5) is 0. The predicted octanol–water partition coefficient (Wildman–Crippen LogP) is 3.29. The molecule has 2 rings (SSSR count). The lowest BCUT2D eigenvalue weighted by molar-refractivity contribution is 0.223. The van der Waals surface area contributed by atoms with Crippen molar-refractivity contribution < 1.29 is 0 Å². The fraction of sp³-hybridized carbons (Fsp3) is 0.800. The molecule has 0 radical (unpaired) electrons. The Kier molecular flexibility index (Phi) is 1.21. The standard InChI is InChI=1S/C10H16/c1-8-4-3-6-10(2)7-5-9(8)10/h3-7H2,1-2H3. The average Bonchev–Trinajstić information content (AvgIpc) is 1.83. The molecular weight excluding hydrogens is 120 g/mol. The summed E-state index contributed by atoms with van der Waals surface area (Å²) in [6.45, 7) is 4.76. The lowest BCUT2D eigenvalue weighted by Gasteiger charge is -2.46. The maximum atomic E-state index is 2.44. The van der Waals surface area contributed by atoms with E-state index in [2.05, 4.69) is 13.8 Å². The van der Waals surface area contributed by atoms with E-state index in [0.717, 1.165) is 0 Å². The zero-order valence-electron chi connectivity index (χ0n) is 7.04. The summed E-state index contributed by atoms with van der Waals surface area (Å²) in [6.07, 6.45) is 7.14. The van der Waals surface area contributed by atoms with E-state index in [0.29, 0.717) is 5.41 Å². The maximum absolute atomic E-state index is 2.44. The van der Waals surface area contributed by atoms with Crippen LogP contribution in [0.5, 0.6) is 0 Å². The Hall–Kier alpha value is -0.260. The smallest absolute Gasteiger partial charge is 0.0111 e. The van der Waals surface area contributed by atoms with Gasteiger partial charge in [0, 0.05) is 0 Å². The Morgan fingerprint density at radius 2 is 2.00 bits per heavy atom. The molecule has 0 spiro atoms. The van der Waals surface area contributed by atoms with Crippen molar-refractivity contribution in [2.75, 3.05) is 0 Å². The van der Waals surface area contributed by atoms with Crippen molar-refractivity contribution >= 4 is 0 Å². The van der Waals surface area contributed by atoms with E-state index >= 15 is 0 Å². The third-order valence-corrected chi connectivity index (χ3v) is 3.45. The topological polar surface area (TPSA) is 0 Å². The van der Waals surface area contributed by atoms with E-state index in [-0.39, 0.29) is 0 Å². The van der Waals surface area contributed by atoms with Gasteiger partial charge in [-0.25, -0.2) is 0 Å². The van der Waals surface area contributed by atoms with Gasteiger partial charge in [0.2, 0.25) is 0 Å². The van der Waals surface area contributed by atoms with Gasteiger partial charge in [0.25, 0.3) is 0 Å². The molecule has 0 heterocycles. The van der Waals surface area contributed by atoms with Crippen molar-refractivity contribution in [3.05, 3.63) is 11.1 Å². The first kappa shape index (κ1) is 6.45. The highest BCUT2D eigenvalue weighted by atomic mass is 14.4. The van der Waals surface area contributed by atoms with Crippen LogP contribution in [0.2, 0.25) is 0 Å². The highest BCUT2D eigenvalue weighted by Crippen LogP contribution is 2.54. The summed E-state index contributed by atoms with van der Waals surface area (Å²) in [5.74, 6) is 0. The molecule has 0 aliphatic heterocycles. The fourth-order valence-electron chi connectivity index (χ4n) is 2.58. The molecule has 1 fully saturated rings. The summed E-state index contributed by atoms with van der Waals surface area (Å²) >= 11 is 0. The minimum absolute atomic E-state index is 0.669. The third kappa shape index (κ3) is 0.680. The van der Waals surface area contributed by atoms with Crippen molar-refractivity contribution in [3.8, 4) is 0 Å². The maximum Gasteiger partial charge on any atom is -0.0111 e. The molecule has 0 heteroatoms. The Morgan fingerprint density at radius 1 is 1.20 bits per heavy atom. The summed E-state index contributed by atoms with van der Waals surface area (Å²) in [7, 11) is 0. The van der Waals surface area contributed by atoms with E-state index in [1.165, 1.54) is 32.1 Å². The van der Waals surface area contributed by atoms with Gasteiger partial charge in [0.15, 0.2) is 0 Å². The van der Waals surface area contributed by atoms with Crippen molar-refractivity contribution in [1.82, 2.24) is 0 Å². The van der Waals surface area contributed by atoms with Crippen LogP contribution < -0.4 is 0 Å². The minimum atomic E-state index is 0.669. The molecule has 0 aromatic carbocycles. The van der Waals surface area contributed by atoms with Gasteiger partial charge in [-0.15, -0.1) is 0 Å². The van der Waals surface area contributed by atoms with Crippen LogP contribution in [-0.2, 0) is 0 Å².